The Balaban J connectivity index is 2.51. The number of phenols is 1. The van der Waals surface area contributed by atoms with Gasteiger partial charge in [0.15, 0.2) is 0 Å². The van der Waals surface area contributed by atoms with Gasteiger partial charge in [-0.05, 0) is 35.4 Å². The van der Waals surface area contributed by atoms with Crippen molar-refractivity contribution in [1.29, 1.82) is 5.26 Å². The van der Waals surface area contributed by atoms with Gasteiger partial charge in [-0.15, -0.1) is 0 Å². The number of hydrogen-bond donors (Lipinski definition) is 1. The van der Waals surface area contributed by atoms with E-state index in [1.54, 1.807) is 24.3 Å². The minimum Gasteiger partial charge on any atom is -0.507 e. The van der Waals surface area contributed by atoms with Crippen LogP contribution in [0.3, 0.4) is 0 Å². The molecule has 100 valence electrons. The SMILES string of the molecule is COC(=O)c1cc(-c2ccc(C#N)c(O)c2)ccc1Cl. The van der Waals surface area contributed by atoms with E-state index >= 15 is 0 Å². The van der Waals surface area contributed by atoms with E-state index in [-0.39, 0.29) is 16.9 Å². The standard InChI is InChI=1S/C15H10ClNO3/c1-20-15(19)12-6-9(4-5-13(12)16)10-2-3-11(8-17)14(18)7-10/h2-7,18H,1H3. The van der Waals surface area contributed by atoms with Crippen LogP contribution in [0.15, 0.2) is 36.4 Å². The van der Waals surface area contributed by atoms with Crippen LogP contribution in [0, 0.1) is 11.3 Å². The summed E-state index contributed by atoms with van der Waals surface area (Å²) in [6.45, 7) is 0. The minimum absolute atomic E-state index is 0.112. The maximum Gasteiger partial charge on any atom is 0.339 e. The van der Waals surface area contributed by atoms with Crippen LogP contribution in [0.4, 0.5) is 0 Å². The molecule has 1 N–H and O–H groups in total. The van der Waals surface area contributed by atoms with E-state index in [0.29, 0.717) is 16.1 Å². The second-order valence-electron chi connectivity index (χ2n) is 4.03. The highest BCUT2D eigenvalue weighted by atomic mass is 35.5. The average Bonchev–Trinajstić information content (AvgIpc) is 2.47. The number of hydrogen-bond acceptors (Lipinski definition) is 4. The molecule has 2 aromatic carbocycles. The topological polar surface area (TPSA) is 70.3 Å². The maximum absolute atomic E-state index is 11.6. The minimum atomic E-state index is -0.533. The monoisotopic (exact) mass is 287 g/mol. The Kier molecular flexibility index (Phi) is 3.92. The molecule has 0 saturated carbocycles. The molecule has 4 nitrogen and oxygen atoms in total. The summed E-state index contributed by atoms with van der Waals surface area (Å²) in [5, 5.41) is 18.8. The second-order valence-corrected chi connectivity index (χ2v) is 4.44. The lowest BCUT2D eigenvalue weighted by Gasteiger charge is -2.07. The summed E-state index contributed by atoms with van der Waals surface area (Å²) in [6.07, 6.45) is 0. The molecule has 0 aromatic heterocycles. The molecular formula is C15H10ClNO3. The van der Waals surface area contributed by atoms with E-state index in [1.165, 1.54) is 19.2 Å². The van der Waals surface area contributed by atoms with E-state index in [1.807, 2.05) is 6.07 Å². The molecule has 0 unspecified atom stereocenters. The van der Waals surface area contributed by atoms with Gasteiger partial charge < -0.3 is 9.84 Å². The van der Waals surface area contributed by atoms with Crippen LogP contribution in [0.2, 0.25) is 5.02 Å². The molecule has 0 aliphatic rings. The molecule has 2 rings (SSSR count). The summed E-state index contributed by atoms with van der Waals surface area (Å²) in [6, 6.07) is 11.4. The Morgan fingerprint density at radius 2 is 1.90 bits per heavy atom. The van der Waals surface area contributed by atoms with Gasteiger partial charge in [-0.2, -0.15) is 5.26 Å². The zero-order valence-corrected chi connectivity index (χ0v) is 11.3. The highest BCUT2D eigenvalue weighted by molar-refractivity contribution is 6.33. The number of aromatic hydroxyl groups is 1. The lowest BCUT2D eigenvalue weighted by atomic mass is 10.0. The summed E-state index contributed by atoms with van der Waals surface area (Å²) < 4.78 is 4.65. The van der Waals surface area contributed by atoms with E-state index in [2.05, 4.69) is 4.74 Å². The molecule has 0 heterocycles. The van der Waals surface area contributed by atoms with Crippen LogP contribution in [-0.2, 0) is 4.74 Å². The summed E-state index contributed by atoms with van der Waals surface area (Å²) in [5.41, 5.74) is 1.80. The summed E-state index contributed by atoms with van der Waals surface area (Å²) in [5.74, 6) is -0.644. The molecule has 0 radical (unpaired) electrons. The molecule has 5 heteroatoms. The van der Waals surface area contributed by atoms with Crippen molar-refractivity contribution in [3.05, 3.63) is 52.5 Å². The normalized spacial score (nSPS) is 9.85. The third-order valence-corrected chi connectivity index (χ3v) is 3.15. The Bertz CT molecular complexity index is 720. The molecule has 0 saturated heterocycles. The summed E-state index contributed by atoms with van der Waals surface area (Å²) >= 11 is 5.94. The van der Waals surface area contributed by atoms with Gasteiger partial charge in [0.25, 0.3) is 0 Å². The number of esters is 1. The molecule has 0 bridgehead atoms. The van der Waals surface area contributed by atoms with Gasteiger partial charge in [-0.1, -0.05) is 23.7 Å². The number of carbonyl (C=O) groups is 1. The van der Waals surface area contributed by atoms with Gasteiger partial charge >= 0.3 is 5.97 Å². The highest BCUT2D eigenvalue weighted by Crippen LogP contribution is 2.29. The van der Waals surface area contributed by atoms with Crippen LogP contribution >= 0.6 is 11.6 Å². The number of nitriles is 1. The lowest BCUT2D eigenvalue weighted by Crippen LogP contribution is -2.02. The van der Waals surface area contributed by atoms with Crippen molar-refractivity contribution in [1.82, 2.24) is 0 Å². The quantitative estimate of drug-likeness (QED) is 0.860. The molecule has 0 atom stereocenters. The second kappa shape index (κ2) is 5.64. The molecule has 20 heavy (non-hydrogen) atoms. The van der Waals surface area contributed by atoms with Gasteiger partial charge in [0.05, 0.1) is 23.3 Å². The number of methoxy groups -OCH3 is 1. The number of ether oxygens (including phenoxy) is 1. The van der Waals surface area contributed by atoms with Crippen LogP contribution in [-0.4, -0.2) is 18.2 Å². The fraction of sp³-hybridized carbons (Fsp3) is 0.0667. The third-order valence-electron chi connectivity index (χ3n) is 2.82. The Morgan fingerprint density at radius 3 is 2.50 bits per heavy atom. The number of rotatable bonds is 2. The van der Waals surface area contributed by atoms with Gasteiger partial charge in [-0.25, -0.2) is 4.79 Å². The molecule has 2 aromatic rings. The van der Waals surface area contributed by atoms with E-state index in [4.69, 9.17) is 16.9 Å². The fourth-order valence-electron chi connectivity index (χ4n) is 1.78. The van der Waals surface area contributed by atoms with Crippen molar-refractivity contribution in [2.24, 2.45) is 0 Å². The Labute approximate surface area is 120 Å². The van der Waals surface area contributed by atoms with E-state index < -0.39 is 5.97 Å². The molecule has 0 amide bonds. The van der Waals surface area contributed by atoms with Crippen LogP contribution < -0.4 is 0 Å². The fourth-order valence-corrected chi connectivity index (χ4v) is 1.97. The maximum atomic E-state index is 11.6. The summed E-state index contributed by atoms with van der Waals surface area (Å²) in [4.78, 5) is 11.6. The van der Waals surface area contributed by atoms with Crippen molar-refractivity contribution in [2.75, 3.05) is 7.11 Å². The predicted octanol–water partition coefficient (Wildman–Crippen LogP) is 3.37. The van der Waals surface area contributed by atoms with E-state index in [0.717, 1.165) is 0 Å². The van der Waals surface area contributed by atoms with Crippen LogP contribution in [0.5, 0.6) is 5.75 Å². The van der Waals surface area contributed by atoms with Crippen LogP contribution in [0.1, 0.15) is 15.9 Å². The van der Waals surface area contributed by atoms with Gasteiger partial charge in [0, 0.05) is 0 Å². The Morgan fingerprint density at radius 1 is 1.25 bits per heavy atom. The Hall–Kier alpha value is -2.51. The first kappa shape index (κ1) is 13.9. The largest absolute Gasteiger partial charge is 0.507 e. The van der Waals surface area contributed by atoms with Crippen molar-refractivity contribution in [2.45, 2.75) is 0 Å². The number of carbonyl (C=O) groups excluding carboxylic acids is 1. The first-order chi connectivity index (χ1) is 9.56. The molecule has 0 fully saturated rings. The van der Waals surface area contributed by atoms with Crippen molar-refractivity contribution in [3.8, 4) is 22.9 Å². The molecule has 0 aliphatic heterocycles. The third kappa shape index (κ3) is 2.58. The molecule has 0 aliphatic carbocycles. The predicted molar refractivity (Wildman–Crippen MR) is 74.6 cm³/mol. The van der Waals surface area contributed by atoms with Crippen LogP contribution in [0.25, 0.3) is 11.1 Å². The smallest absolute Gasteiger partial charge is 0.339 e. The zero-order valence-electron chi connectivity index (χ0n) is 10.6. The summed E-state index contributed by atoms with van der Waals surface area (Å²) in [7, 11) is 1.28. The lowest BCUT2D eigenvalue weighted by molar-refractivity contribution is 0.0601. The number of nitrogens with zero attached hydrogens (tertiary/aromatic N) is 1. The van der Waals surface area contributed by atoms with Gasteiger partial charge in [0.2, 0.25) is 0 Å². The van der Waals surface area contributed by atoms with Crippen molar-refractivity contribution in [3.63, 3.8) is 0 Å². The average molecular weight is 288 g/mol. The number of halogens is 1. The van der Waals surface area contributed by atoms with E-state index in [9.17, 15) is 9.90 Å². The molecule has 0 spiro atoms. The van der Waals surface area contributed by atoms with Crippen molar-refractivity contribution < 1.29 is 14.6 Å². The zero-order chi connectivity index (χ0) is 14.7. The first-order valence-corrected chi connectivity index (χ1v) is 6.06. The van der Waals surface area contributed by atoms with Crippen molar-refractivity contribution >= 4 is 17.6 Å². The highest BCUT2D eigenvalue weighted by Gasteiger charge is 2.12. The van der Waals surface area contributed by atoms with Gasteiger partial charge in [-0.3, -0.25) is 0 Å². The number of phenolic OH excluding ortho intramolecular Hbond substituents is 1. The first-order valence-electron chi connectivity index (χ1n) is 5.68. The molecular weight excluding hydrogens is 278 g/mol. The number of benzene rings is 2. The van der Waals surface area contributed by atoms with Gasteiger partial charge in [0.1, 0.15) is 11.8 Å².